The number of nitrogens with zero attached hydrogens (tertiary/aromatic N) is 2. The maximum atomic E-state index is 12.9. The van der Waals surface area contributed by atoms with Gasteiger partial charge in [0.15, 0.2) is 12.3 Å². The predicted octanol–water partition coefficient (Wildman–Crippen LogP) is 2.80. The standard InChI is InChI=1S/C12H20BFN2O2S.H2S/c1-8(2)10-9(7-15-16(10)19-14)13-17-11(3,4)12(5,6)18-13;/h7-8H,1-6H3;1H2. The summed E-state index contributed by atoms with van der Waals surface area (Å²) in [5.41, 5.74) is 0.790. The minimum atomic E-state index is -0.497. The van der Waals surface area contributed by atoms with Crippen molar-refractivity contribution in [3.63, 3.8) is 0 Å². The van der Waals surface area contributed by atoms with Crippen molar-refractivity contribution in [3.8, 4) is 0 Å². The third kappa shape index (κ3) is 2.88. The summed E-state index contributed by atoms with van der Waals surface area (Å²) in [5.74, 6) is 0.139. The Morgan fingerprint density at radius 1 is 1.25 bits per heavy atom. The first-order valence-corrected chi connectivity index (χ1v) is 7.09. The van der Waals surface area contributed by atoms with Gasteiger partial charge in [0.2, 0.25) is 0 Å². The van der Waals surface area contributed by atoms with E-state index in [9.17, 15) is 3.89 Å². The number of rotatable bonds is 3. The zero-order valence-corrected chi connectivity index (χ0v) is 14.5. The molecule has 8 heteroatoms. The van der Waals surface area contributed by atoms with E-state index in [1.807, 2.05) is 41.5 Å². The lowest BCUT2D eigenvalue weighted by Crippen LogP contribution is -2.41. The minimum absolute atomic E-state index is 0. The van der Waals surface area contributed by atoms with Gasteiger partial charge in [-0.3, -0.25) is 0 Å². The summed E-state index contributed by atoms with van der Waals surface area (Å²) in [5, 5.41) is 4.04. The second-order valence-electron chi connectivity index (χ2n) is 6.17. The Morgan fingerprint density at radius 2 is 1.75 bits per heavy atom. The fourth-order valence-electron chi connectivity index (χ4n) is 2.11. The molecule has 1 aromatic rings. The molecule has 1 saturated heterocycles. The third-order valence-electron chi connectivity index (χ3n) is 3.92. The Bertz CT molecular complexity index is 464. The fourth-order valence-corrected chi connectivity index (χ4v) is 2.59. The molecule has 0 radical (unpaired) electrons. The van der Waals surface area contributed by atoms with Crippen molar-refractivity contribution in [1.82, 2.24) is 9.19 Å². The normalized spacial score (nSPS) is 20.3. The van der Waals surface area contributed by atoms with Gasteiger partial charge >= 0.3 is 7.12 Å². The van der Waals surface area contributed by atoms with Gasteiger partial charge in [0.25, 0.3) is 0 Å². The quantitative estimate of drug-likeness (QED) is 0.803. The summed E-state index contributed by atoms with van der Waals surface area (Å²) in [6, 6.07) is 0. The molecule has 0 aliphatic carbocycles. The molecule has 20 heavy (non-hydrogen) atoms. The van der Waals surface area contributed by atoms with E-state index in [0.29, 0.717) is 0 Å². The van der Waals surface area contributed by atoms with Crippen LogP contribution in [0.2, 0.25) is 0 Å². The first-order valence-electron chi connectivity index (χ1n) is 6.42. The van der Waals surface area contributed by atoms with E-state index >= 15 is 0 Å². The summed E-state index contributed by atoms with van der Waals surface area (Å²) in [4.78, 5) is 0. The topological polar surface area (TPSA) is 36.3 Å². The van der Waals surface area contributed by atoms with Crippen LogP contribution in [-0.2, 0) is 9.31 Å². The van der Waals surface area contributed by atoms with Gasteiger partial charge in [-0.25, -0.2) is 0 Å². The summed E-state index contributed by atoms with van der Waals surface area (Å²) in [6.45, 7) is 12.0. The molecule has 0 atom stereocenters. The van der Waals surface area contributed by atoms with E-state index in [1.54, 1.807) is 6.20 Å². The summed E-state index contributed by atoms with van der Waals surface area (Å²) in [7, 11) is -0.497. The third-order valence-corrected chi connectivity index (χ3v) is 4.34. The second-order valence-corrected chi connectivity index (χ2v) is 6.65. The van der Waals surface area contributed by atoms with Crippen LogP contribution in [0.3, 0.4) is 0 Å². The highest BCUT2D eigenvalue weighted by atomic mass is 32.2. The smallest absolute Gasteiger partial charge is 0.399 e. The zero-order valence-electron chi connectivity index (χ0n) is 12.7. The van der Waals surface area contributed by atoms with Crippen molar-refractivity contribution < 1.29 is 13.2 Å². The molecule has 0 bridgehead atoms. The molecule has 1 aliphatic heterocycles. The van der Waals surface area contributed by atoms with E-state index < -0.39 is 18.3 Å². The number of aromatic nitrogens is 2. The predicted molar refractivity (Wildman–Crippen MR) is 86.5 cm³/mol. The van der Waals surface area contributed by atoms with Gasteiger partial charge in [-0.2, -0.15) is 22.7 Å². The lowest BCUT2D eigenvalue weighted by molar-refractivity contribution is 0.00578. The molecule has 1 aromatic heterocycles. The molecular formula is C12H22BFN2O2S2. The van der Waals surface area contributed by atoms with Crippen LogP contribution in [0.4, 0.5) is 3.89 Å². The number of hydrogen-bond donors (Lipinski definition) is 0. The number of halogens is 1. The molecule has 2 heterocycles. The van der Waals surface area contributed by atoms with Crippen LogP contribution in [0.5, 0.6) is 0 Å². The molecule has 1 fully saturated rings. The maximum absolute atomic E-state index is 12.9. The summed E-state index contributed by atoms with van der Waals surface area (Å²) < 4.78 is 26.2. The van der Waals surface area contributed by atoms with Gasteiger partial charge < -0.3 is 9.31 Å². The second kappa shape index (κ2) is 5.91. The SMILES string of the molecule is CC(C)c1c(B2OC(C)(C)C(C)(C)O2)cnn1SF.S. The van der Waals surface area contributed by atoms with Gasteiger partial charge in [0.05, 0.1) is 23.1 Å². The van der Waals surface area contributed by atoms with Crippen molar-refractivity contribution in [2.24, 2.45) is 0 Å². The molecule has 0 unspecified atom stereocenters. The van der Waals surface area contributed by atoms with Crippen LogP contribution in [0, 0.1) is 0 Å². The van der Waals surface area contributed by atoms with Crippen LogP contribution in [-0.4, -0.2) is 27.5 Å². The highest BCUT2D eigenvalue weighted by Crippen LogP contribution is 2.37. The average Bonchev–Trinajstić information content (AvgIpc) is 2.78. The van der Waals surface area contributed by atoms with Crippen LogP contribution >= 0.6 is 25.8 Å². The van der Waals surface area contributed by atoms with E-state index in [-0.39, 0.29) is 31.7 Å². The molecule has 0 amide bonds. The van der Waals surface area contributed by atoms with Crippen molar-refractivity contribution in [2.75, 3.05) is 0 Å². The van der Waals surface area contributed by atoms with Crippen LogP contribution < -0.4 is 5.46 Å². The molecule has 4 nitrogen and oxygen atoms in total. The van der Waals surface area contributed by atoms with Crippen molar-refractivity contribution in [3.05, 3.63) is 11.9 Å². The maximum Gasteiger partial charge on any atom is 0.498 e. The molecular weight excluding hydrogens is 298 g/mol. The van der Waals surface area contributed by atoms with E-state index in [0.717, 1.165) is 11.2 Å². The largest absolute Gasteiger partial charge is 0.498 e. The highest BCUT2D eigenvalue weighted by molar-refractivity contribution is 7.92. The van der Waals surface area contributed by atoms with Crippen molar-refractivity contribution in [2.45, 2.75) is 58.7 Å². The molecule has 1 aliphatic rings. The fraction of sp³-hybridized carbons (Fsp3) is 0.750. The summed E-state index contributed by atoms with van der Waals surface area (Å²) >= 11 is 0.0976. The zero-order chi connectivity index (χ0) is 14.4. The number of hydrogen-bond acceptors (Lipinski definition) is 4. The van der Waals surface area contributed by atoms with Crippen molar-refractivity contribution >= 4 is 38.4 Å². The van der Waals surface area contributed by atoms with Gasteiger partial charge in [0.1, 0.15) is 0 Å². The lowest BCUT2D eigenvalue weighted by Gasteiger charge is -2.32. The van der Waals surface area contributed by atoms with Crippen molar-refractivity contribution in [1.29, 1.82) is 0 Å². The summed E-state index contributed by atoms with van der Waals surface area (Å²) in [6.07, 6.45) is 1.63. The molecule has 0 spiro atoms. The van der Waals surface area contributed by atoms with Gasteiger partial charge in [-0.1, -0.05) is 13.8 Å². The highest BCUT2D eigenvalue weighted by Gasteiger charge is 2.53. The Hall–Kier alpha value is -0.175. The van der Waals surface area contributed by atoms with E-state index in [1.165, 1.54) is 4.09 Å². The van der Waals surface area contributed by atoms with Crippen LogP contribution in [0.1, 0.15) is 53.2 Å². The molecule has 0 saturated carbocycles. The molecule has 0 N–H and O–H groups in total. The molecule has 0 aromatic carbocycles. The molecule has 114 valence electrons. The van der Waals surface area contributed by atoms with E-state index in [2.05, 4.69) is 5.10 Å². The van der Waals surface area contributed by atoms with Gasteiger partial charge in [-0.15, -0.1) is 3.89 Å². The van der Waals surface area contributed by atoms with E-state index in [4.69, 9.17) is 9.31 Å². The lowest BCUT2D eigenvalue weighted by atomic mass is 9.77. The molecule has 2 rings (SSSR count). The van der Waals surface area contributed by atoms with Crippen LogP contribution in [0.15, 0.2) is 6.20 Å². The first kappa shape index (κ1) is 17.9. The Labute approximate surface area is 131 Å². The Morgan fingerprint density at radius 3 is 2.15 bits per heavy atom. The Balaban J connectivity index is 0.00000200. The monoisotopic (exact) mass is 320 g/mol. The van der Waals surface area contributed by atoms with Gasteiger partial charge in [0, 0.05) is 5.46 Å². The van der Waals surface area contributed by atoms with Crippen LogP contribution in [0.25, 0.3) is 0 Å². The average molecular weight is 320 g/mol. The Kier molecular flexibility index (Phi) is 5.28. The minimum Gasteiger partial charge on any atom is -0.399 e. The first-order chi connectivity index (χ1) is 8.69. The van der Waals surface area contributed by atoms with Gasteiger partial charge in [-0.05, 0) is 33.6 Å².